The minimum atomic E-state index is 0.262. The van der Waals surface area contributed by atoms with Crippen molar-refractivity contribution in [2.75, 3.05) is 18.0 Å². The smallest absolute Gasteiger partial charge is 0.138 e. The number of nitrogens with zero attached hydrogens (tertiary/aromatic N) is 4. The molecule has 1 aromatic rings. The SMILES string of the molecule is CCN(CCC#N)c1ncnc(Cl)c1CCl. The van der Waals surface area contributed by atoms with Crippen LogP contribution in [0.15, 0.2) is 6.33 Å². The Hall–Kier alpha value is -1.05. The Bertz CT molecular complexity index is 389. The number of nitriles is 1. The van der Waals surface area contributed by atoms with E-state index in [0.717, 1.165) is 6.54 Å². The first-order chi connectivity index (χ1) is 7.74. The molecule has 0 fully saturated rings. The van der Waals surface area contributed by atoms with Crippen LogP contribution in [0.5, 0.6) is 0 Å². The Morgan fingerprint density at radius 3 is 2.81 bits per heavy atom. The molecule has 0 unspecified atom stereocenters. The van der Waals surface area contributed by atoms with Gasteiger partial charge in [0.15, 0.2) is 0 Å². The van der Waals surface area contributed by atoms with Gasteiger partial charge in [-0.3, -0.25) is 0 Å². The second kappa shape index (κ2) is 6.51. The molecule has 16 heavy (non-hydrogen) atoms. The predicted octanol–water partition coefficient (Wildman–Crippen LogP) is 2.61. The lowest BCUT2D eigenvalue weighted by atomic mass is 10.3. The molecule has 0 atom stereocenters. The number of hydrogen-bond donors (Lipinski definition) is 0. The van der Waals surface area contributed by atoms with Crippen LogP contribution in [0.25, 0.3) is 0 Å². The first-order valence-corrected chi connectivity index (χ1v) is 5.83. The summed E-state index contributed by atoms with van der Waals surface area (Å²) in [6.07, 6.45) is 1.85. The zero-order chi connectivity index (χ0) is 12.0. The van der Waals surface area contributed by atoms with Crippen LogP contribution < -0.4 is 4.90 Å². The van der Waals surface area contributed by atoms with Gasteiger partial charge in [-0.25, -0.2) is 9.97 Å². The highest BCUT2D eigenvalue weighted by Crippen LogP contribution is 2.24. The van der Waals surface area contributed by atoms with Crippen LogP contribution in [0.2, 0.25) is 5.15 Å². The van der Waals surface area contributed by atoms with Gasteiger partial charge >= 0.3 is 0 Å². The Morgan fingerprint density at radius 1 is 1.50 bits per heavy atom. The maximum atomic E-state index is 8.58. The van der Waals surface area contributed by atoms with E-state index in [-0.39, 0.29) is 5.88 Å². The van der Waals surface area contributed by atoms with Crippen LogP contribution in [-0.4, -0.2) is 23.1 Å². The average Bonchev–Trinajstić information content (AvgIpc) is 2.30. The van der Waals surface area contributed by atoms with Crippen molar-refractivity contribution in [1.29, 1.82) is 5.26 Å². The van der Waals surface area contributed by atoms with Gasteiger partial charge in [-0.2, -0.15) is 5.26 Å². The van der Waals surface area contributed by atoms with Gasteiger partial charge in [0, 0.05) is 18.7 Å². The minimum absolute atomic E-state index is 0.262. The maximum Gasteiger partial charge on any atom is 0.138 e. The number of alkyl halides is 1. The molecule has 0 radical (unpaired) electrons. The molecule has 1 rings (SSSR count). The molecule has 0 aliphatic carbocycles. The third-order valence-corrected chi connectivity index (χ3v) is 2.77. The number of aromatic nitrogens is 2. The first kappa shape index (κ1) is 13.0. The summed E-state index contributed by atoms with van der Waals surface area (Å²) in [5.74, 6) is 0.977. The fraction of sp³-hybridized carbons (Fsp3) is 0.500. The summed E-state index contributed by atoms with van der Waals surface area (Å²) < 4.78 is 0. The monoisotopic (exact) mass is 258 g/mol. The van der Waals surface area contributed by atoms with E-state index in [1.165, 1.54) is 6.33 Å². The van der Waals surface area contributed by atoms with Crippen LogP contribution >= 0.6 is 23.2 Å². The van der Waals surface area contributed by atoms with E-state index in [2.05, 4.69) is 16.0 Å². The standard InChI is InChI=1S/C10H12Cl2N4/c1-2-16(5-3-4-13)10-8(6-11)9(12)14-7-15-10/h7H,2-3,5-6H2,1H3. The molecule has 0 bridgehead atoms. The third kappa shape index (κ3) is 2.97. The predicted molar refractivity (Wildman–Crippen MR) is 64.7 cm³/mol. The maximum absolute atomic E-state index is 8.58. The van der Waals surface area contributed by atoms with Crippen molar-refractivity contribution in [2.24, 2.45) is 0 Å². The quantitative estimate of drug-likeness (QED) is 0.602. The van der Waals surface area contributed by atoms with Gasteiger partial charge in [-0.05, 0) is 6.92 Å². The molecule has 0 amide bonds. The lowest BCUT2D eigenvalue weighted by Crippen LogP contribution is -2.26. The Kier molecular flexibility index (Phi) is 5.30. The number of halogens is 2. The molecule has 1 heterocycles. The normalized spacial score (nSPS) is 9.88. The molecular formula is C10H12Cl2N4. The van der Waals surface area contributed by atoms with Crippen molar-refractivity contribution in [3.05, 3.63) is 17.0 Å². The fourth-order valence-electron chi connectivity index (χ4n) is 1.37. The van der Waals surface area contributed by atoms with E-state index < -0.39 is 0 Å². The van der Waals surface area contributed by atoms with E-state index in [0.29, 0.717) is 29.5 Å². The summed E-state index contributed by atoms with van der Waals surface area (Å²) in [5.41, 5.74) is 0.714. The summed E-state index contributed by atoms with van der Waals surface area (Å²) in [4.78, 5) is 10.0. The molecule has 0 aliphatic heterocycles. The van der Waals surface area contributed by atoms with Crippen molar-refractivity contribution >= 4 is 29.0 Å². The van der Waals surface area contributed by atoms with E-state index in [9.17, 15) is 0 Å². The highest BCUT2D eigenvalue weighted by molar-refractivity contribution is 6.31. The van der Waals surface area contributed by atoms with Gasteiger partial charge in [-0.1, -0.05) is 11.6 Å². The molecular weight excluding hydrogens is 247 g/mol. The second-order valence-electron chi connectivity index (χ2n) is 3.09. The van der Waals surface area contributed by atoms with Crippen LogP contribution in [0.3, 0.4) is 0 Å². The fourth-order valence-corrected chi connectivity index (χ4v) is 1.88. The lowest BCUT2D eigenvalue weighted by molar-refractivity contribution is 0.801. The van der Waals surface area contributed by atoms with E-state index in [1.54, 1.807) is 0 Å². The van der Waals surface area contributed by atoms with E-state index >= 15 is 0 Å². The van der Waals surface area contributed by atoms with E-state index in [1.807, 2.05) is 11.8 Å². The molecule has 6 heteroatoms. The number of hydrogen-bond acceptors (Lipinski definition) is 4. The molecule has 0 saturated carbocycles. The number of anilines is 1. The Morgan fingerprint density at radius 2 is 2.25 bits per heavy atom. The summed E-state index contributed by atoms with van der Waals surface area (Å²) in [6.45, 7) is 3.36. The Balaban J connectivity index is 3.00. The van der Waals surface area contributed by atoms with Crippen molar-refractivity contribution in [3.8, 4) is 6.07 Å². The van der Waals surface area contributed by atoms with Gasteiger partial charge in [0.1, 0.15) is 17.3 Å². The highest BCUT2D eigenvalue weighted by Gasteiger charge is 2.14. The summed E-state index contributed by atoms with van der Waals surface area (Å²) >= 11 is 11.8. The van der Waals surface area contributed by atoms with Crippen molar-refractivity contribution < 1.29 is 0 Å². The summed E-state index contributed by atoms with van der Waals surface area (Å²) in [7, 11) is 0. The lowest BCUT2D eigenvalue weighted by Gasteiger charge is -2.22. The summed E-state index contributed by atoms with van der Waals surface area (Å²) in [5, 5.41) is 8.95. The van der Waals surface area contributed by atoms with Gasteiger partial charge in [0.2, 0.25) is 0 Å². The zero-order valence-corrected chi connectivity index (χ0v) is 10.5. The van der Waals surface area contributed by atoms with Gasteiger partial charge in [0.05, 0.1) is 18.4 Å². The van der Waals surface area contributed by atoms with Gasteiger partial charge < -0.3 is 4.90 Å². The van der Waals surface area contributed by atoms with E-state index in [4.69, 9.17) is 28.5 Å². The largest absolute Gasteiger partial charge is 0.355 e. The molecule has 0 N–H and O–H groups in total. The zero-order valence-electron chi connectivity index (χ0n) is 8.95. The molecule has 0 aromatic carbocycles. The topological polar surface area (TPSA) is 52.8 Å². The van der Waals surface area contributed by atoms with Crippen molar-refractivity contribution in [2.45, 2.75) is 19.2 Å². The molecule has 0 saturated heterocycles. The number of rotatable bonds is 5. The van der Waals surface area contributed by atoms with Crippen LogP contribution in [-0.2, 0) is 5.88 Å². The molecule has 1 aromatic heterocycles. The van der Waals surface area contributed by atoms with Gasteiger partial charge in [0.25, 0.3) is 0 Å². The van der Waals surface area contributed by atoms with Crippen molar-refractivity contribution in [1.82, 2.24) is 9.97 Å². The first-order valence-electron chi connectivity index (χ1n) is 4.91. The third-order valence-electron chi connectivity index (χ3n) is 2.18. The van der Waals surface area contributed by atoms with Crippen LogP contribution in [0, 0.1) is 11.3 Å². The van der Waals surface area contributed by atoms with Crippen LogP contribution in [0.1, 0.15) is 18.9 Å². The van der Waals surface area contributed by atoms with Crippen LogP contribution in [0.4, 0.5) is 5.82 Å². The molecule has 86 valence electrons. The van der Waals surface area contributed by atoms with Gasteiger partial charge in [-0.15, -0.1) is 11.6 Å². The summed E-state index contributed by atoms with van der Waals surface area (Å²) in [6, 6.07) is 2.10. The molecule has 4 nitrogen and oxygen atoms in total. The minimum Gasteiger partial charge on any atom is -0.355 e. The molecule has 0 spiro atoms. The Labute approximate surface area is 105 Å². The highest BCUT2D eigenvalue weighted by atomic mass is 35.5. The average molecular weight is 259 g/mol. The van der Waals surface area contributed by atoms with Crippen molar-refractivity contribution in [3.63, 3.8) is 0 Å². The second-order valence-corrected chi connectivity index (χ2v) is 3.71. The molecule has 0 aliphatic rings.